The molecule has 3 saturated heterocycles. The SMILES string of the molecule is C.C.CC1(C)OB(c2ccc(N3CCCC3=O)cc2)OC1(C)C.O=C1CCCN1c1ccc(Br)cc1. The normalized spacial score (nSPS) is 20.0. The van der Waals surface area contributed by atoms with Crippen LogP contribution in [0.4, 0.5) is 11.4 Å². The summed E-state index contributed by atoms with van der Waals surface area (Å²) < 4.78 is 13.1. The Bertz CT molecular complexity index is 1020. The molecule has 5 rings (SSSR count). The molecular weight excluding hydrogens is 519 g/mol. The van der Waals surface area contributed by atoms with Gasteiger partial charge in [-0.05, 0) is 82.4 Å². The van der Waals surface area contributed by atoms with E-state index in [0.717, 1.165) is 47.2 Å². The first kappa shape index (κ1) is 30.1. The second-order valence-electron chi connectivity index (χ2n) is 9.95. The van der Waals surface area contributed by atoms with Crippen molar-refractivity contribution in [1.82, 2.24) is 0 Å². The lowest BCUT2D eigenvalue weighted by Gasteiger charge is -2.32. The minimum Gasteiger partial charge on any atom is -0.399 e. The van der Waals surface area contributed by atoms with Gasteiger partial charge in [-0.15, -0.1) is 0 Å². The molecule has 2 amide bonds. The zero-order valence-electron chi connectivity index (χ0n) is 20.3. The molecule has 0 radical (unpaired) electrons. The number of amides is 2. The van der Waals surface area contributed by atoms with Gasteiger partial charge in [-0.1, -0.05) is 42.9 Å². The van der Waals surface area contributed by atoms with Crippen LogP contribution in [0.5, 0.6) is 0 Å². The minimum absolute atomic E-state index is 0. The highest BCUT2D eigenvalue weighted by molar-refractivity contribution is 9.10. The largest absolute Gasteiger partial charge is 0.494 e. The van der Waals surface area contributed by atoms with E-state index in [4.69, 9.17) is 9.31 Å². The lowest BCUT2D eigenvalue weighted by Crippen LogP contribution is -2.41. The number of anilines is 2. The standard InChI is InChI=1S/C16H22BNO3.C10H10BrNO.2CH4/c1-15(2)16(3,4)21-17(20-15)12-7-9-13(10-8-12)18-11-5-6-14(18)19;11-8-3-5-9(6-4-8)12-7-1-2-10(12)13;;/h7-10H,5-6,11H2,1-4H3;3-6H,1-2,7H2;2*1H4. The van der Waals surface area contributed by atoms with Crippen molar-refractivity contribution in [3.05, 3.63) is 53.0 Å². The highest BCUT2D eigenvalue weighted by Gasteiger charge is 2.51. The number of halogens is 1. The van der Waals surface area contributed by atoms with Crippen LogP contribution in [0.3, 0.4) is 0 Å². The first-order chi connectivity index (χ1) is 16.1. The number of hydrogen-bond acceptors (Lipinski definition) is 4. The number of rotatable bonds is 3. The summed E-state index contributed by atoms with van der Waals surface area (Å²) in [6, 6.07) is 15.8. The van der Waals surface area contributed by atoms with E-state index >= 15 is 0 Å². The van der Waals surface area contributed by atoms with Gasteiger partial charge in [0.2, 0.25) is 11.8 Å². The van der Waals surface area contributed by atoms with Crippen LogP contribution in [0.2, 0.25) is 0 Å². The number of carbonyl (C=O) groups excluding carboxylic acids is 2. The predicted molar refractivity (Wildman–Crippen MR) is 153 cm³/mol. The van der Waals surface area contributed by atoms with Crippen molar-refractivity contribution in [2.45, 2.75) is 79.4 Å². The van der Waals surface area contributed by atoms with Crippen molar-refractivity contribution in [1.29, 1.82) is 0 Å². The molecule has 2 aromatic carbocycles. The lowest BCUT2D eigenvalue weighted by atomic mass is 9.79. The molecule has 0 saturated carbocycles. The Balaban J connectivity index is 0.000000264. The Morgan fingerprint density at radius 2 is 1.11 bits per heavy atom. The van der Waals surface area contributed by atoms with Crippen molar-refractivity contribution < 1.29 is 18.9 Å². The third-order valence-electron chi connectivity index (χ3n) is 7.02. The van der Waals surface area contributed by atoms with E-state index in [1.807, 2.05) is 86.0 Å². The lowest BCUT2D eigenvalue weighted by molar-refractivity contribution is -0.117. The highest BCUT2D eigenvalue weighted by Crippen LogP contribution is 2.36. The van der Waals surface area contributed by atoms with E-state index in [9.17, 15) is 9.59 Å². The summed E-state index contributed by atoms with van der Waals surface area (Å²) in [6.45, 7) is 9.86. The second-order valence-corrected chi connectivity index (χ2v) is 10.9. The van der Waals surface area contributed by atoms with E-state index < -0.39 is 0 Å². The van der Waals surface area contributed by atoms with Gasteiger partial charge in [0.05, 0.1) is 11.2 Å². The van der Waals surface area contributed by atoms with Gasteiger partial charge in [0.25, 0.3) is 0 Å². The zero-order chi connectivity index (χ0) is 24.5. The van der Waals surface area contributed by atoms with Crippen LogP contribution in [0.15, 0.2) is 53.0 Å². The Morgan fingerprint density at radius 1 is 0.722 bits per heavy atom. The Kier molecular flexibility index (Phi) is 9.96. The maximum atomic E-state index is 11.8. The van der Waals surface area contributed by atoms with E-state index in [2.05, 4.69) is 15.9 Å². The molecule has 6 nitrogen and oxygen atoms in total. The first-order valence-corrected chi connectivity index (χ1v) is 12.7. The topological polar surface area (TPSA) is 59.1 Å². The van der Waals surface area contributed by atoms with Crippen molar-refractivity contribution in [3.63, 3.8) is 0 Å². The van der Waals surface area contributed by atoms with Gasteiger partial charge in [0.15, 0.2) is 0 Å². The summed E-state index contributed by atoms with van der Waals surface area (Å²) in [5, 5.41) is 0. The minimum atomic E-state index is -0.349. The summed E-state index contributed by atoms with van der Waals surface area (Å²) >= 11 is 3.37. The van der Waals surface area contributed by atoms with Crippen LogP contribution in [0.25, 0.3) is 0 Å². The van der Waals surface area contributed by atoms with Crippen molar-refractivity contribution in [2.24, 2.45) is 0 Å². The van der Waals surface area contributed by atoms with Crippen molar-refractivity contribution in [2.75, 3.05) is 22.9 Å². The van der Waals surface area contributed by atoms with Crippen LogP contribution in [-0.4, -0.2) is 43.2 Å². The van der Waals surface area contributed by atoms with Gasteiger partial charge >= 0.3 is 7.12 Å². The molecule has 0 aliphatic carbocycles. The quantitative estimate of drug-likeness (QED) is 0.436. The molecule has 3 aliphatic heterocycles. The summed E-state index contributed by atoms with van der Waals surface area (Å²) in [5.74, 6) is 0.445. The number of carbonyl (C=O) groups is 2. The molecule has 2 aromatic rings. The molecule has 0 atom stereocenters. The molecule has 0 aromatic heterocycles. The Hall–Kier alpha value is -2.16. The van der Waals surface area contributed by atoms with E-state index in [1.165, 1.54) is 0 Å². The molecular formula is C28H40BBrN2O4. The molecule has 0 unspecified atom stereocenters. The molecule has 3 fully saturated rings. The van der Waals surface area contributed by atoms with Gasteiger partial charge in [-0.25, -0.2) is 0 Å². The number of benzene rings is 2. The zero-order valence-corrected chi connectivity index (χ0v) is 21.9. The van der Waals surface area contributed by atoms with Gasteiger partial charge in [0, 0.05) is 41.8 Å². The molecule has 0 bridgehead atoms. The summed E-state index contributed by atoms with van der Waals surface area (Å²) in [4.78, 5) is 26.8. The first-order valence-electron chi connectivity index (χ1n) is 11.9. The van der Waals surface area contributed by atoms with Gasteiger partial charge in [-0.3, -0.25) is 9.59 Å². The van der Waals surface area contributed by atoms with Crippen LogP contribution >= 0.6 is 15.9 Å². The molecule has 0 N–H and O–H groups in total. The maximum absolute atomic E-state index is 11.8. The maximum Gasteiger partial charge on any atom is 0.494 e. The molecule has 196 valence electrons. The number of hydrogen-bond donors (Lipinski definition) is 0. The predicted octanol–water partition coefficient (Wildman–Crippen LogP) is 5.96. The fourth-order valence-electron chi connectivity index (χ4n) is 4.25. The van der Waals surface area contributed by atoms with Crippen LogP contribution in [0.1, 0.15) is 68.2 Å². The molecule has 3 aliphatic rings. The van der Waals surface area contributed by atoms with Crippen molar-refractivity contribution in [3.8, 4) is 0 Å². The fourth-order valence-corrected chi connectivity index (χ4v) is 4.52. The fraction of sp³-hybridized carbons (Fsp3) is 0.500. The molecule has 0 spiro atoms. The summed E-state index contributed by atoms with van der Waals surface area (Å²) in [7, 11) is -0.349. The smallest absolute Gasteiger partial charge is 0.399 e. The highest BCUT2D eigenvalue weighted by atomic mass is 79.9. The van der Waals surface area contributed by atoms with E-state index in [1.54, 1.807) is 0 Å². The number of nitrogens with zero attached hydrogens (tertiary/aromatic N) is 2. The average Bonchev–Trinajstić information content (AvgIpc) is 3.47. The Morgan fingerprint density at radius 3 is 1.47 bits per heavy atom. The molecule has 3 heterocycles. The van der Waals surface area contributed by atoms with E-state index in [-0.39, 0.29) is 45.0 Å². The monoisotopic (exact) mass is 558 g/mol. The van der Waals surface area contributed by atoms with Gasteiger partial charge < -0.3 is 19.1 Å². The van der Waals surface area contributed by atoms with Crippen LogP contribution in [0, 0.1) is 0 Å². The van der Waals surface area contributed by atoms with Gasteiger partial charge in [0.1, 0.15) is 0 Å². The third-order valence-corrected chi connectivity index (χ3v) is 7.54. The van der Waals surface area contributed by atoms with Gasteiger partial charge in [-0.2, -0.15) is 0 Å². The average molecular weight is 559 g/mol. The summed E-state index contributed by atoms with van der Waals surface area (Å²) in [6.07, 6.45) is 3.27. The van der Waals surface area contributed by atoms with Crippen molar-refractivity contribution >= 4 is 51.7 Å². The third kappa shape index (κ3) is 6.39. The molecule has 36 heavy (non-hydrogen) atoms. The van der Waals surface area contributed by atoms with E-state index in [0.29, 0.717) is 12.8 Å². The second kappa shape index (κ2) is 11.9. The van der Waals surface area contributed by atoms with Crippen LogP contribution in [-0.2, 0) is 18.9 Å². The van der Waals surface area contributed by atoms with Crippen LogP contribution < -0.4 is 15.3 Å². The molecule has 8 heteroatoms. The Labute approximate surface area is 225 Å². The summed E-state index contributed by atoms with van der Waals surface area (Å²) in [5.41, 5.74) is 2.29.